The molecule has 1 aliphatic rings. The average molecular weight is 399 g/mol. The van der Waals surface area contributed by atoms with Crippen LogP contribution in [0, 0.1) is 0 Å². The predicted octanol–water partition coefficient (Wildman–Crippen LogP) is 2.64. The van der Waals surface area contributed by atoms with Gasteiger partial charge < -0.3 is 20.7 Å². The number of rotatable bonds is 7. The van der Waals surface area contributed by atoms with Gasteiger partial charge in [0.15, 0.2) is 0 Å². The molecule has 0 radical (unpaired) electrons. The zero-order valence-corrected chi connectivity index (χ0v) is 16.2. The molecule has 2 aromatic rings. The lowest BCUT2D eigenvalue weighted by Crippen LogP contribution is -2.37. The maximum Gasteiger partial charge on any atom is 0.243 e. The van der Waals surface area contributed by atoms with Gasteiger partial charge in [-0.3, -0.25) is 14.4 Å². The normalized spacial score (nSPS) is 15.2. The minimum Gasteiger partial charge on any atom is -0.494 e. The molecule has 3 rings (SSSR count). The standard InChI is InChI=1S/C20H21N3O4S/c1-2-27-14-9-7-13(8-10-14)22-19(25)12-21-18(24)11-17-20(26)23-15-5-3-4-6-16(15)28-17/h3-10,17H,2,11-12H2,1H3,(H,21,24)(H,22,25)(H,23,26). The van der Waals surface area contributed by atoms with Crippen molar-refractivity contribution < 1.29 is 19.1 Å². The van der Waals surface area contributed by atoms with Gasteiger partial charge in [0, 0.05) is 17.0 Å². The Bertz CT molecular complexity index is 870. The Balaban J connectivity index is 1.45. The Hall–Kier alpha value is -3.00. The average Bonchev–Trinajstić information content (AvgIpc) is 2.69. The lowest BCUT2D eigenvalue weighted by Gasteiger charge is -2.23. The summed E-state index contributed by atoms with van der Waals surface area (Å²) in [4.78, 5) is 37.2. The molecule has 1 aliphatic heterocycles. The first-order chi connectivity index (χ1) is 13.5. The SMILES string of the molecule is CCOc1ccc(NC(=O)CNC(=O)CC2Sc3ccccc3NC2=O)cc1. The monoisotopic (exact) mass is 399 g/mol. The highest BCUT2D eigenvalue weighted by Gasteiger charge is 2.28. The summed E-state index contributed by atoms with van der Waals surface area (Å²) in [7, 11) is 0. The number of benzene rings is 2. The van der Waals surface area contributed by atoms with Gasteiger partial charge in [0.2, 0.25) is 17.7 Å². The van der Waals surface area contributed by atoms with E-state index in [1.54, 1.807) is 24.3 Å². The van der Waals surface area contributed by atoms with Crippen LogP contribution in [0.15, 0.2) is 53.4 Å². The second-order valence-corrected chi connectivity index (χ2v) is 7.32. The van der Waals surface area contributed by atoms with Crippen molar-refractivity contribution in [3.63, 3.8) is 0 Å². The van der Waals surface area contributed by atoms with Gasteiger partial charge in [-0.25, -0.2) is 0 Å². The van der Waals surface area contributed by atoms with Crippen LogP contribution < -0.4 is 20.7 Å². The highest BCUT2D eigenvalue weighted by atomic mass is 32.2. The number of carbonyl (C=O) groups is 3. The van der Waals surface area contributed by atoms with Crippen LogP contribution in [0.1, 0.15) is 13.3 Å². The number of thioether (sulfide) groups is 1. The van der Waals surface area contributed by atoms with Crippen molar-refractivity contribution in [1.82, 2.24) is 5.32 Å². The molecule has 28 heavy (non-hydrogen) atoms. The van der Waals surface area contributed by atoms with Gasteiger partial charge in [0.05, 0.1) is 24.1 Å². The summed E-state index contributed by atoms with van der Waals surface area (Å²) in [5, 5.41) is 7.53. The van der Waals surface area contributed by atoms with E-state index in [4.69, 9.17) is 4.74 Å². The van der Waals surface area contributed by atoms with Crippen molar-refractivity contribution >= 4 is 40.9 Å². The Kier molecular flexibility index (Phi) is 6.54. The molecule has 0 bridgehead atoms. The van der Waals surface area contributed by atoms with Gasteiger partial charge in [-0.1, -0.05) is 12.1 Å². The predicted molar refractivity (Wildman–Crippen MR) is 109 cm³/mol. The quantitative estimate of drug-likeness (QED) is 0.665. The summed E-state index contributed by atoms with van der Waals surface area (Å²) in [6, 6.07) is 14.4. The number of fused-ring (bicyclic) bond motifs is 1. The van der Waals surface area contributed by atoms with E-state index in [0.717, 1.165) is 16.3 Å². The fourth-order valence-corrected chi connectivity index (χ4v) is 3.76. The van der Waals surface area contributed by atoms with E-state index in [9.17, 15) is 14.4 Å². The molecule has 1 unspecified atom stereocenters. The van der Waals surface area contributed by atoms with Gasteiger partial charge in [0.25, 0.3) is 0 Å². The summed E-state index contributed by atoms with van der Waals surface area (Å²) in [6.45, 7) is 2.30. The van der Waals surface area contributed by atoms with Crippen LogP contribution in [0.2, 0.25) is 0 Å². The lowest BCUT2D eigenvalue weighted by atomic mass is 10.2. The lowest BCUT2D eigenvalue weighted by molar-refractivity contribution is -0.125. The fourth-order valence-electron chi connectivity index (χ4n) is 2.65. The summed E-state index contributed by atoms with van der Waals surface area (Å²) in [6.07, 6.45) is 0.00116. The molecule has 2 aromatic carbocycles. The zero-order valence-electron chi connectivity index (χ0n) is 15.4. The Labute approximate surface area is 167 Å². The largest absolute Gasteiger partial charge is 0.494 e. The van der Waals surface area contributed by atoms with E-state index >= 15 is 0 Å². The number of anilines is 2. The molecule has 0 aliphatic carbocycles. The summed E-state index contributed by atoms with van der Waals surface area (Å²) < 4.78 is 5.34. The number of para-hydroxylation sites is 1. The van der Waals surface area contributed by atoms with Crippen LogP contribution in [-0.2, 0) is 14.4 Å². The zero-order chi connectivity index (χ0) is 19.9. The summed E-state index contributed by atoms with van der Waals surface area (Å²) in [5.41, 5.74) is 1.37. The van der Waals surface area contributed by atoms with Gasteiger partial charge in [0.1, 0.15) is 5.75 Å². The van der Waals surface area contributed by atoms with Crippen LogP contribution >= 0.6 is 11.8 Å². The van der Waals surface area contributed by atoms with Crippen molar-refractivity contribution in [3.05, 3.63) is 48.5 Å². The van der Waals surface area contributed by atoms with E-state index in [1.165, 1.54) is 11.8 Å². The highest BCUT2D eigenvalue weighted by Crippen LogP contribution is 2.36. The Morgan fingerprint density at radius 2 is 1.86 bits per heavy atom. The van der Waals surface area contributed by atoms with E-state index in [0.29, 0.717) is 12.3 Å². The van der Waals surface area contributed by atoms with Crippen LogP contribution in [0.5, 0.6) is 5.75 Å². The van der Waals surface area contributed by atoms with Crippen LogP contribution in [-0.4, -0.2) is 36.1 Å². The molecule has 0 aromatic heterocycles. The molecule has 7 nitrogen and oxygen atoms in total. The number of carbonyl (C=O) groups excluding carboxylic acids is 3. The highest BCUT2D eigenvalue weighted by molar-refractivity contribution is 8.01. The summed E-state index contributed by atoms with van der Waals surface area (Å²) >= 11 is 1.35. The second-order valence-electron chi connectivity index (χ2n) is 6.08. The van der Waals surface area contributed by atoms with Crippen molar-refractivity contribution in [1.29, 1.82) is 0 Å². The molecule has 3 amide bonds. The molecule has 0 saturated carbocycles. The third-order valence-corrected chi connectivity index (χ3v) is 5.25. The van der Waals surface area contributed by atoms with Crippen LogP contribution in [0.25, 0.3) is 0 Å². The molecule has 1 atom stereocenters. The van der Waals surface area contributed by atoms with Crippen LogP contribution in [0.3, 0.4) is 0 Å². The summed E-state index contributed by atoms with van der Waals surface area (Å²) in [5.74, 6) is -0.186. The molecule has 146 valence electrons. The Morgan fingerprint density at radius 3 is 2.61 bits per heavy atom. The fraction of sp³-hybridized carbons (Fsp3) is 0.250. The molecule has 1 heterocycles. The first-order valence-electron chi connectivity index (χ1n) is 8.91. The van der Waals surface area contributed by atoms with Gasteiger partial charge in [-0.05, 0) is 43.3 Å². The van der Waals surface area contributed by atoms with Gasteiger partial charge in [-0.15, -0.1) is 11.8 Å². The smallest absolute Gasteiger partial charge is 0.243 e. The van der Waals surface area contributed by atoms with Crippen LogP contribution in [0.4, 0.5) is 11.4 Å². The number of hydrogen-bond acceptors (Lipinski definition) is 5. The van der Waals surface area contributed by atoms with E-state index in [1.807, 2.05) is 31.2 Å². The van der Waals surface area contributed by atoms with Gasteiger partial charge >= 0.3 is 0 Å². The van der Waals surface area contributed by atoms with E-state index < -0.39 is 5.25 Å². The van der Waals surface area contributed by atoms with Crippen molar-refractivity contribution in [3.8, 4) is 5.75 Å². The van der Waals surface area contributed by atoms with E-state index in [-0.39, 0.29) is 30.7 Å². The number of amides is 3. The third kappa shape index (κ3) is 5.26. The molecule has 3 N–H and O–H groups in total. The molecular weight excluding hydrogens is 378 g/mol. The molecule has 8 heteroatoms. The third-order valence-electron chi connectivity index (χ3n) is 3.97. The number of hydrogen-bond donors (Lipinski definition) is 3. The minimum atomic E-state index is -0.524. The maximum atomic E-state index is 12.1. The first-order valence-corrected chi connectivity index (χ1v) is 9.79. The van der Waals surface area contributed by atoms with E-state index in [2.05, 4.69) is 16.0 Å². The molecule has 0 saturated heterocycles. The topological polar surface area (TPSA) is 96.5 Å². The number of ether oxygens (including phenoxy) is 1. The Morgan fingerprint density at radius 1 is 1.11 bits per heavy atom. The van der Waals surface area contributed by atoms with Crippen molar-refractivity contribution in [2.45, 2.75) is 23.5 Å². The molecule has 0 fully saturated rings. The van der Waals surface area contributed by atoms with Crippen molar-refractivity contribution in [2.24, 2.45) is 0 Å². The van der Waals surface area contributed by atoms with Gasteiger partial charge in [-0.2, -0.15) is 0 Å². The first kappa shape index (κ1) is 19.8. The number of nitrogens with one attached hydrogen (secondary N) is 3. The minimum absolute atomic E-state index is 0.00116. The molecular formula is C20H21N3O4S. The maximum absolute atomic E-state index is 12.1. The van der Waals surface area contributed by atoms with Crippen molar-refractivity contribution in [2.75, 3.05) is 23.8 Å². The second kappa shape index (κ2) is 9.27. The molecule has 0 spiro atoms.